The number of hydrogen-bond acceptors (Lipinski definition) is 3. The molecule has 2 rings (SSSR count). The minimum absolute atomic E-state index is 0.230. The van der Waals surface area contributed by atoms with E-state index in [9.17, 15) is 4.79 Å². The number of nitrogens with zero attached hydrogens (tertiary/aromatic N) is 1. The van der Waals surface area contributed by atoms with Crippen molar-refractivity contribution in [2.45, 2.75) is 12.8 Å². The van der Waals surface area contributed by atoms with Crippen LogP contribution in [0.5, 0.6) is 5.75 Å². The molecule has 1 N–H and O–H groups in total. The maximum Gasteiger partial charge on any atom is 0.306 e. The third-order valence-corrected chi connectivity index (χ3v) is 3.56. The molecule has 0 saturated carbocycles. The molecular formula is C13H16ClNO3. The maximum atomic E-state index is 10.9. The zero-order valence-corrected chi connectivity index (χ0v) is 11.0. The molecule has 0 amide bonds. The van der Waals surface area contributed by atoms with Gasteiger partial charge in [-0.15, -0.1) is 0 Å². The Labute approximate surface area is 111 Å². The molecular weight excluding hydrogens is 254 g/mol. The van der Waals surface area contributed by atoms with Gasteiger partial charge in [0.25, 0.3) is 0 Å². The standard InChI is InChI=1S/C13H16ClNO3/c1-18-12-3-2-10(14)8-11(12)15-6-4-9(5-7-15)13(16)17/h2-3,8-9H,4-7H2,1H3,(H,16,17). The Balaban J connectivity index is 2.14. The van der Waals surface area contributed by atoms with Crippen LogP contribution in [0.25, 0.3) is 0 Å². The molecule has 0 aliphatic carbocycles. The number of hydrogen-bond donors (Lipinski definition) is 1. The second-order valence-corrected chi connectivity index (χ2v) is 4.85. The Bertz CT molecular complexity index is 442. The van der Waals surface area contributed by atoms with Crippen molar-refractivity contribution >= 4 is 23.3 Å². The van der Waals surface area contributed by atoms with Gasteiger partial charge in [-0.1, -0.05) is 11.6 Å². The van der Waals surface area contributed by atoms with Gasteiger partial charge in [-0.3, -0.25) is 4.79 Å². The average molecular weight is 270 g/mol. The van der Waals surface area contributed by atoms with Crippen LogP contribution >= 0.6 is 11.6 Å². The van der Waals surface area contributed by atoms with Crippen LogP contribution in [0, 0.1) is 5.92 Å². The summed E-state index contributed by atoms with van der Waals surface area (Å²) in [5.74, 6) is -0.160. The second kappa shape index (κ2) is 5.48. The van der Waals surface area contributed by atoms with E-state index in [2.05, 4.69) is 4.90 Å². The van der Waals surface area contributed by atoms with E-state index in [4.69, 9.17) is 21.4 Å². The number of carboxylic acid groups (broad SMARTS) is 1. The minimum Gasteiger partial charge on any atom is -0.495 e. The van der Waals surface area contributed by atoms with Crippen LogP contribution in [0.3, 0.4) is 0 Å². The van der Waals surface area contributed by atoms with Gasteiger partial charge in [-0.25, -0.2) is 0 Å². The van der Waals surface area contributed by atoms with E-state index in [1.54, 1.807) is 13.2 Å². The van der Waals surface area contributed by atoms with Crippen molar-refractivity contribution in [1.82, 2.24) is 0 Å². The molecule has 1 aromatic rings. The van der Waals surface area contributed by atoms with Gasteiger partial charge in [0.05, 0.1) is 18.7 Å². The first-order valence-electron chi connectivity index (χ1n) is 5.93. The van der Waals surface area contributed by atoms with E-state index >= 15 is 0 Å². The summed E-state index contributed by atoms with van der Waals surface area (Å²) in [6.45, 7) is 1.43. The van der Waals surface area contributed by atoms with Gasteiger partial charge >= 0.3 is 5.97 Å². The molecule has 1 heterocycles. The van der Waals surface area contributed by atoms with Crippen LogP contribution in [0.2, 0.25) is 5.02 Å². The second-order valence-electron chi connectivity index (χ2n) is 4.42. The van der Waals surface area contributed by atoms with Gasteiger partial charge in [-0.2, -0.15) is 0 Å². The number of halogens is 1. The van der Waals surface area contributed by atoms with Gasteiger partial charge in [0, 0.05) is 18.1 Å². The molecule has 1 fully saturated rings. The van der Waals surface area contributed by atoms with Crippen LogP contribution in [0.15, 0.2) is 18.2 Å². The zero-order valence-electron chi connectivity index (χ0n) is 10.2. The van der Waals surface area contributed by atoms with Gasteiger partial charge in [0.2, 0.25) is 0 Å². The third-order valence-electron chi connectivity index (χ3n) is 3.33. The highest BCUT2D eigenvalue weighted by molar-refractivity contribution is 6.30. The maximum absolute atomic E-state index is 10.9. The summed E-state index contributed by atoms with van der Waals surface area (Å²) in [4.78, 5) is 13.0. The quantitative estimate of drug-likeness (QED) is 0.917. The number of carboxylic acids is 1. The lowest BCUT2D eigenvalue weighted by atomic mass is 9.96. The van der Waals surface area contributed by atoms with Crippen LogP contribution in [0.1, 0.15) is 12.8 Å². The lowest BCUT2D eigenvalue weighted by Gasteiger charge is -2.32. The van der Waals surface area contributed by atoms with Gasteiger partial charge in [0.1, 0.15) is 5.75 Å². The van der Waals surface area contributed by atoms with Crippen molar-refractivity contribution in [2.24, 2.45) is 5.92 Å². The molecule has 1 aliphatic rings. The summed E-state index contributed by atoms with van der Waals surface area (Å²) < 4.78 is 5.31. The smallest absolute Gasteiger partial charge is 0.306 e. The number of anilines is 1. The Kier molecular flexibility index (Phi) is 3.97. The fourth-order valence-corrected chi connectivity index (χ4v) is 2.44. The Hall–Kier alpha value is -1.42. The summed E-state index contributed by atoms with van der Waals surface area (Å²) in [6, 6.07) is 5.48. The lowest BCUT2D eigenvalue weighted by molar-refractivity contribution is -0.142. The molecule has 0 radical (unpaired) electrons. The molecule has 0 spiro atoms. The number of aliphatic carboxylic acids is 1. The van der Waals surface area contributed by atoms with Crippen molar-refractivity contribution in [3.63, 3.8) is 0 Å². The zero-order chi connectivity index (χ0) is 13.1. The Morgan fingerprint density at radius 2 is 2.11 bits per heavy atom. The molecule has 1 aromatic carbocycles. The number of methoxy groups -OCH3 is 1. The van der Waals surface area contributed by atoms with Crippen LogP contribution < -0.4 is 9.64 Å². The number of rotatable bonds is 3. The Morgan fingerprint density at radius 1 is 1.44 bits per heavy atom. The minimum atomic E-state index is -0.701. The van der Waals surface area contributed by atoms with E-state index in [0.29, 0.717) is 31.0 Å². The monoisotopic (exact) mass is 269 g/mol. The summed E-state index contributed by atoms with van der Waals surface area (Å²) in [7, 11) is 1.62. The summed E-state index contributed by atoms with van der Waals surface area (Å²) in [6.07, 6.45) is 1.32. The van der Waals surface area contributed by atoms with E-state index < -0.39 is 5.97 Å². The molecule has 18 heavy (non-hydrogen) atoms. The first kappa shape index (κ1) is 13.0. The van der Waals surface area contributed by atoms with E-state index in [1.165, 1.54) is 0 Å². The SMILES string of the molecule is COc1ccc(Cl)cc1N1CCC(C(=O)O)CC1. The van der Waals surface area contributed by atoms with Gasteiger partial charge in [0.15, 0.2) is 0 Å². The molecule has 5 heteroatoms. The third kappa shape index (κ3) is 2.70. The molecule has 4 nitrogen and oxygen atoms in total. The lowest BCUT2D eigenvalue weighted by Crippen LogP contribution is -2.36. The molecule has 98 valence electrons. The average Bonchev–Trinajstić information content (AvgIpc) is 2.39. The molecule has 0 unspecified atom stereocenters. The molecule has 0 atom stereocenters. The van der Waals surface area contributed by atoms with E-state index in [1.807, 2.05) is 12.1 Å². The van der Waals surface area contributed by atoms with E-state index in [-0.39, 0.29) is 5.92 Å². The highest BCUT2D eigenvalue weighted by Crippen LogP contribution is 2.33. The number of benzene rings is 1. The van der Waals surface area contributed by atoms with Crippen molar-refractivity contribution in [3.8, 4) is 5.75 Å². The van der Waals surface area contributed by atoms with Gasteiger partial charge in [-0.05, 0) is 31.0 Å². The highest BCUT2D eigenvalue weighted by atomic mass is 35.5. The molecule has 0 aromatic heterocycles. The summed E-state index contributed by atoms with van der Waals surface area (Å²) >= 11 is 6.00. The molecule has 0 bridgehead atoms. The van der Waals surface area contributed by atoms with Crippen LogP contribution in [-0.2, 0) is 4.79 Å². The number of piperidine rings is 1. The predicted molar refractivity (Wildman–Crippen MR) is 70.6 cm³/mol. The van der Waals surface area contributed by atoms with Crippen molar-refractivity contribution in [3.05, 3.63) is 23.2 Å². The molecule has 1 saturated heterocycles. The first-order chi connectivity index (χ1) is 8.61. The number of ether oxygens (including phenoxy) is 1. The van der Waals surface area contributed by atoms with Crippen molar-refractivity contribution in [1.29, 1.82) is 0 Å². The molecule has 1 aliphatic heterocycles. The fourth-order valence-electron chi connectivity index (χ4n) is 2.28. The Morgan fingerprint density at radius 3 is 2.67 bits per heavy atom. The van der Waals surface area contributed by atoms with E-state index in [0.717, 1.165) is 11.4 Å². The predicted octanol–water partition coefficient (Wildman–Crippen LogP) is 2.65. The highest BCUT2D eigenvalue weighted by Gasteiger charge is 2.25. The van der Waals surface area contributed by atoms with Crippen molar-refractivity contribution < 1.29 is 14.6 Å². The normalized spacial score (nSPS) is 16.7. The largest absolute Gasteiger partial charge is 0.495 e. The number of carbonyl (C=O) groups is 1. The first-order valence-corrected chi connectivity index (χ1v) is 6.31. The van der Waals surface area contributed by atoms with Crippen LogP contribution in [0.4, 0.5) is 5.69 Å². The van der Waals surface area contributed by atoms with Gasteiger partial charge < -0.3 is 14.7 Å². The summed E-state index contributed by atoms with van der Waals surface area (Å²) in [5.41, 5.74) is 0.939. The van der Waals surface area contributed by atoms with Crippen molar-refractivity contribution in [2.75, 3.05) is 25.1 Å². The fraction of sp³-hybridized carbons (Fsp3) is 0.462. The topological polar surface area (TPSA) is 49.8 Å². The summed E-state index contributed by atoms with van der Waals surface area (Å²) in [5, 5.41) is 9.63. The van der Waals surface area contributed by atoms with Crippen LogP contribution in [-0.4, -0.2) is 31.3 Å².